The van der Waals surface area contributed by atoms with E-state index in [9.17, 15) is 10.1 Å². The van der Waals surface area contributed by atoms with Crippen LogP contribution in [0.2, 0.25) is 0 Å². The third-order valence-corrected chi connectivity index (χ3v) is 3.19. The number of ether oxygens (including phenoxy) is 2. The molecule has 0 N–H and O–H groups in total. The molecule has 2 aromatic rings. The minimum Gasteiger partial charge on any atom is -0.497 e. The maximum absolute atomic E-state index is 10.7. The first-order valence-electron chi connectivity index (χ1n) is 5.63. The van der Waals surface area contributed by atoms with E-state index in [0.29, 0.717) is 27.4 Å². The smallest absolute Gasteiger partial charge is 0.288 e. The Balaban J connectivity index is 2.28. The van der Waals surface area contributed by atoms with Crippen LogP contribution in [-0.2, 0) is 0 Å². The molecule has 1 aromatic heterocycles. The van der Waals surface area contributed by atoms with Crippen molar-refractivity contribution >= 4 is 21.6 Å². The zero-order chi connectivity index (χ0) is 14.7. The van der Waals surface area contributed by atoms with Gasteiger partial charge in [-0.05, 0) is 41.1 Å². The van der Waals surface area contributed by atoms with Crippen LogP contribution in [0.25, 0.3) is 0 Å². The number of aryl methyl sites for hydroxylation is 1. The molecule has 0 aliphatic heterocycles. The fraction of sp³-hybridized carbons (Fsp3) is 0.154. The van der Waals surface area contributed by atoms with Crippen molar-refractivity contribution in [3.05, 3.63) is 50.6 Å². The molecule has 6 nitrogen and oxygen atoms in total. The average Bonchev–Trinajstić information content (AvgIpc) is 2.42. The predicted molar refractivity (Wildman–Crippen MR) is 76.4 cm³/mol. The number of pyridine rings is 1. The van der Waals surface area contributed by atoms with Crippen molar-refractivity contribution in [1.29, 1.82) is 0 Å². The summed E-state index contributed by atoms with van der Waals surface area (Å²) >= 11 is 3.37. The summed E-state index contributed by atoms with van der Waals surface area (Å²) in [6, 6.07) is 6.65. The molecular weight excluding hydrogens is 328 g/mol. The maximum atomic E-state index is 10.7. The second-order valence-corrected chi connectivity index (χ2v) is 4.83. The normalized spacial score (nSPS) is 10.2. The first kappa shape index (κ1) is 14.3. The molecule has 20 heavy (non-hydrogen) atoms. The Bertz CT molecular complexity index is 661. The minimum atomic E-state index is -0.493. The highest BCUT2D eigenvalue weighted by Gasteiger charge is 2.12. The first-order valence-corrected chi connectivity index (χ1v) is 6.43. The maximum Gasteiger partial charge on any atom is 0.288 e. The largest absolute Gasteiger partial charge is 0.497 e. The van der Waals surface area contributed by atoms with Crippen LogP contribution in [0.1, 0.15) is 5.56 Å². The van der Waals surface area contributed by atoms with Gasteiger partial charge in [0.15, 0.2) is 0 Å². The lowest BCUT2D eigenvalue weighted by atomic mass is 10.3. The lowest BCUT2D eigenvalue weighted by molar-refractivity contribution is -0.385. The summed E-state index contributed by atoms with van der Waals surface area (Å²) in [5.41, 5.74) is 0.519. The van der Waals surface area contributed by atoms with Gasteiger partial charge in [-0.3, -0.25) is 10.1 Å². The van der Waals surface area contributed by atoms with Gasteiger partial charge < -0.3 is 9.47 Å². The van der Waals surface area contributed by atoms with E-state index >= 15 is 0 Å². The Hall–Kier alpha value is -2.15. The number of benzene rings is 1. The van der Waals surface area contributed by atoms with E-state index in [1.807, 2.05) is 0 Å². The molecule has 0 spiro atoms. The molecule has 0 aliphatic rings. The lowest BCUT2D eigenvalue weighted by Gasteiger charge is -2.09. The first-order chi connectivity index (χ1) is 9.51. The van der Waals surface area contributed by atoms with Crippen LogP contribution in [0.15, 0.2) is 34.9 Å². The zero-order valence-electron chi connectivity index (χ0n) is 10.8. The van der Waals surface area contributed by atoms with E-state index < -0.39 is 4.92 Å². The zero-order valence-corrected chi connectivity index (χ0v) is 12.4. The van der Waals surface area contributed by atoms with Gasteiger partial charge in [0.2, 0.25) is 5.88 Å². The Morgan fingerprint density at radius 2 is 2.10 bits per heavy atom. The SMILES string of the molecule is COc1ccc(Oc2ncc([N+](=O)[O-])cc2C)c(Br)c1. The van der Waals surface area contributed by atoms with Gasteiger partial charge in [0, 0.05) is 11.6 Å². The third kappa shape index (κ3) is 3.05. The van der Waals surface area contributed by atoms with Crippen LogP contribution in [0.4, 0.5) is 5.69 Å². The topological polar surface area (TPSA) is 74.5 Å². The van der Waals surface area contributed by atoms with E-state index in [4.69, 9.17) is 9.47 Å². The molecule has 1 heterocycles. The molecule has 0 atom stereocenters. The Morgan fingerprint density at radius 3 is 2.65 bits per heavy atom. The third-order valence-electron chi connectivity index (χ3n) is 2.57. The summed E-state index contributed by atoms with van der Waals surface area (Å²) in [6.45, 7) is 1.70. The second-order valence-electron chi connectivity index (χ2n) is 3.97. The highest BCUT2D eigenvalue weighted by atomic mass is 79.9. The summed E-state index contributed by atoms with van der Waals surface area (Å²) in [7, 11) is 1.57. The van der Waals surface area contributed by atoms with Crippen molar-refractivity contribution in [2.24, 2.45) is 0 Å². The summed E-state index contributed by atoms with van der Waals surface area (Å²) < 4.78 is 11.4. The fourth-order valence-electron chi connectivity index (χ4n) is 1.55. The van der Waals surface area contributed by atoms with Gasteiger partial charge in [-0.15, -0.1) is 0 Å². The monoisotopic (exact) mass is 338 g/mol. The summed E-state index contributed by atoms with van der Waals surface area (Å²) in [4.78, 5) is 14.1. The molecule has 0 saturated carbocycles. The predicted octanol–water partition coefficient (Wildman–Crippen LogP) is 3.86. The standard InChI is InChI=1S/C13H11BrN2O4/c1-8-5-9(16(17)18)7-15-13(8)20-12-4-3-10(19-2)6-11(12)14/h3-7H,1-2H3. The number of nitrogens with zero attached hydrogens (tertiary/aromatic N) is 2. The molecule has 7 heteroatoms. The molecule has 104 valence electrons. The number of hydrogen-bond donors (Lipinski definition) is 0. The van der Waals surface area contributed by atoms with Crippen molar-refractivity contribution < 1.29 is 14.4 Å². The molecule has 0 saturated heterocycles. The number of aromatic nitrogens is 1. The van der Waals surface area contributed by atoms with Crippen LogP contribution < -0.4 is 9.47 Å². The highest BCUT2D eigenvalue weighted by molar-refractivity contribution is 9.10. The van der Waals surface area contributed by atoms with Crippen molar-refractivity contribution in [2.45, 2.75) is 6.92 Å². The van der Waals surface area contributed by atoms with Gasteiger partial charge in [-0.1, -0.05) is 0 Å². The van der Waals surface area contributed by atoms with Gasteiger partial charge in [0.05, 0.1) is 16.5 Å². The van der Waals surface area contributed by atoms with Gasteiger partial charge in [-0.2, -0.15) is 0 Å². The van der Waals surface area contributed by atoms with E-state index in [2.05, 4.69) is 20.9 Å². The second kappa shape index (κ2) is 5.87. The van der Waals surface area contributed by atoms with Gasteiger partial charge in [0.25, 0.3) is 5.69 Å². The Kier molecular flexibility index (Phi) is 4.19. The van der Waals surface area contributed by atoms with Crippen LogP contribution in [0.5, 0.6) is 17.4 Å². The Morgan fingerprint density at radius 1 is 1.35 bits per heavy atom. The van der Waals surface area contributed by atoms with Gasteiger partial charge in [-0.25, -0.2) is 4.98 Å². The van der Waals surface area contributed by atoms with Gasteiger partial charge in [0.1, 0.15) is 17.7 Å². The average molecular weight is 339 g/mol. The molecule has 1 aromatic carbocycles. The van der Waals surface area contributed by atoms with E-state index in [1.54, 1.807) is 32.2 Å². The molecule has 0 bridgehead atoms. The number of nitro groups is 1. The molecular formula is C13H11BrN2O4. The highest BCUT2D eigenvalue weighted by Crippen LogP contribution is 2.33. The van der Waals surface area contributed by atoms with Crippen molar-refractivity contribution in [2.75, 3.05) is 7.11 Å². The van der Waals surface area contributed by atoms with Crippen LogP contribution in [-0.4, -0.2) is 17.0 Å². The quantitative estimate of drug-likeness (QED) is 0.625. The van der Waals surface area contributed by atoms with Crippen LogP contribution in [0, 0.1) is 17.0 Å². The summed E-state index contributed by atoms with van der Waals surface area (Å²) in [6.07, 6.45) is 1.17. The molecule has 0 aliphatic carbocycles. The Labute approximate surface area is 123 Å². The molecule has 0 unspecified atom stereocenters. The van der Waals surface area contributed by atoms with E-state index in [1.165, 1.54) is 12.3 Å². The van der Waals surface area contributed by atoms with E-state index in [0.717, 1.165) is 0 Å². The number of halogens is 1. The van der Waals surface area contributed by atoms with Crippen molar-refractivity contribution in [3.8, 4) is 17.4 Å². The number of hydrogen-bond acceptors (Lipinski definition) is 5. The van der Waals surface area contributed by atoms with Crippen LogP contribution >= 0.6 is 15.9 Å². The summed E-state index contributed by atoms with van der Waals surface area (Å²) in [5, 5.41) is 10.7. The van der Waals surface area contributed by atoms with Crippen LogP contribution in [0.3, 0.4) is 0 Å². The van der Waals surface area contributed by atoms with Crippen molar-refractivity contribution in [3.63, 3.8) is 0 Å². The minimum absolute atomic E-state index is 0.0661. The molecule has 0 amide bonds. The summed E-state index contributed by atoms with van der Waals surface area (Å²) in [5.74, 6) is 1.56. The van der Waals surface area contributed by atoms with Crippen molar-refractivity contribution in [1.82, 2.24) is 4.98 Å². The fourth-order valence-corrected chi connectivity index (χ4v) is 1.99. The number of rotatable bonds is 4. The lowest BCUT2D eigenvalue weighted by Crippen LogP contribution is -1.95. The molecule has 0 radical (unpaired) electrons. The molecule has 2 rings (SSSR count). The van der Waals surface area contributed by atoms with E-state index in [-0.39, 0.29) is 5.69 Å². The number of methoxy groups -OCH3 is 1. The molecule has 0 fully saturated rings. The van der Waals surface area contributed by atoms with Gasteiger partial charge >= 0.3 is 0 Å².